The Balaban J connectivity index is 1.99. The average Bonchev–Trinajstić information content (AvgIpc) is 2.71. The van der Waals surface area contributed by atoms with Crippen LogP contribution in [0.25, 0.3) is 0 Å². The lowest BCUT2D eigenvalue weighted by molar-refractivity contribution is 0.00854. The van der Waals surface area contributed by atoms with E-state index in [1.165, 1.54) is 0 Å². The van der Waals surface area contributed by atoms with E-state index in [0.29, 0.717) is 5.92 Å². The molecule has 3 heteroatoms. The lowest BCUT2D eigenvalue weighted by atomic mass is 9.93. The molecule has 0 saturated carbocycles. The maximum atomic E-state index is 9.99. The molecule has 1 N–H and O–H groups in total. The second kappa shape index (κ2) is 4.22. The molecular formula is C10H14O2S. The number of aliphatic hydroxyl groups is 1. The standard InChI is InChI=1S/C10H14O2S/c11-10(9-2-1-7-13-9)8-3-5-12-6-4-8/h1-2,7-8,10-11H,3-6H2/t10-/m0/s1. The van der Waals surface area contributed by atoms with Gasteiger partial charge in [-0.25, -0.2) is 0 Å². The highest BCUT2D eigenvalue weighted by Gasteiger charge is 2.23. The van der Waals surface area contributed by atoms with Gasteiger partial charge in [0.05, 0.1) is 6.10 Å². The van der Waals surface area contributed by atoms with E-state index in [1.807, 2.05) is 17.5 Å². The number of hydrogen-bond donors (Lipinski definition) is 1. The largest absolute Gasteiger partial charge is 0.387 e. The van der Waals surface area contributed by atoms with Crippen molar-refractivity contribution in [3.63, 3.8) is 0 Å². The quantitative estimate of drug-likeness (QED) is 0.789. The maximum Gasteiger partial charge on any atom is 0.0911 e. The molecule has 13 heavy (non-hydrogen) atoms. The van der Waals surface area contributed by atoms with Crippen LogP contribution in [0.15, 0.2) is 17.5 Å². The van der Waals surface area contributed by atoms with Crippen LogP contribution in [-0.4, -0.2) is 18.3 Å². The fraction of sp³-hybridized carbons (Fsp3) is 0.600. The molecule has 1 atom stereocenters. The second-order valence-corrected chi connectivity index (χ2v) is 4.39. The Hall–Kier alpha value is -0.380. The van der Waals surface area contributed by atoms with E-state index in [4.69, 9.17) is 4.74 Å². The van der Waals surface area contributed by atoms with Crippen LogP contribution in [0.3, 0.4) is 0 Å². The van der Waals surface area contributed by atoms with E-state index in [9.17, 15) is 5.11 Å². The van der Waals surface area contributed by atoms with E-state index in [-0.39, 0.29) is 6.10 Å². The molecule has 0 spiro atoms. The first kappa shape index (κ1) is 9.19. The van der Waals surface area contributed by atoms with Crippen molar-refractivity contribution < 1.29 is 9.84 Å². The zero-order valence-corrected chi connectivity index (χ0v) is 8.30. The molecular weight excluding hydrogens is 184 g/mol. The second-order valence-electron chi connectivity index (χ2n) is 3.41. The summed E-state index contributed by atoms with van der Waals surface area (Å²) in [5.74, 6) is 0.396. The monoisotopic (exact) mass is 198 g/mol. The van der Waals surface area contributed by atoms with Crippen LogP contribution in [0.1, 0.15) is 23.8 Å². The molecule has 72 valence electrons. The van der Waals surface area contributed by atoms with Gasteiger partial charge in [-0.1, -0.05) is 6.07 Å². The third-order valence-electron chi connectivity index (χ3n) is 2.55. The van der Waals surface area contributed by atoms with Gasteiger partial charge in [0, 0.05) is 18.1 Å². The van der Waals surface area contributed by atoms with Crippen LogP contribution >= 0.6 is 11.3 Å². The molecule has 0 amide bonds. The van der Waals surface area contributed by atoms with Crippen LogP contribution < -0.4 is 0 Å². The summed E-state index contributed by atoms with van der Waals surface area (Å²) in [6.45, 7) is 1.60. The summed E-state index contributed by atoms with van der Waals surface area (Å²) in [6, 6.07) is 3.99. The lowest BCUT2D eigenvalue weighted by Gasteiger charge is -2.25. The Kier molecular flexibility index (Phi) is 2.98. The summed E-state index contributed by atoms with van der Waals surface area (Å²) < 4.78 is 5.26. The van der Waals surface area contributed by atoms with Gasteiger partial charge in [0.1, 0.15) is 0 Å². The van der Waals surface area contributed by atoms with Gasteiger partial charge < -0.3 is 9.84 Å². The minimum Gasteiger partial charge on any atom is -0.387 e. The van der Waals surface area contributed by atoms with Gasteiger partial charge in [-0.3, -0.25) is 0 Å². The van der Waals surface area contributed by atoms with Gasteiger partial charge in [-0.05, 0) is 30.2 Å². The molecule has 2 rings (SSSR count). The number of rotatable bonds is 2. The van der Waals surface area contributed by atoms with Gasteiger partial charge >= 0.3 is 0 Å². The fourth-order valence-electron chi connectivity index (χ4n) is 1.72. The first-order valence-electron chi connectivity index (χ1n) is 4.67. The average molecular weight is 198 g/mol. The molecule has 1 fully saturated rings. The van der Waals surface area contributed by atoms with Gasteiger partial charge in [0.25, 0.3) is 0 Å². The van der Waals surface area contributed by atoms with E-state index >= 15 is 0 Å². The summed E-state index contributed by atoms with van der Waals surface area (Å²) in [6.07, 6.45) is 1.70. The van der Waals surface area contributed by atoms with Gasteiger partial charge in [-0.15, -0.1) is 11.3 Å². The molecule has 2 heterocycles. The molecule has 1 aromatic rings. The highest BCUT2D eigenvalue weighted by atomic mass is 32.1. The van der Waals surface area contributed by atoms with Crippen LogP contribution in [0.5, 0.6) is 0 Å². The van der Waals surface area contributed by atoms with Crippen LogP contribution in [0.2, 0.25) is 0 Å². The van der Waals surface area contributed by atoms with Crippen molar-refractivity contribution in [1.82, 2.24) is 0 Å². The maximum absolute atomic E-state index is 9.99. The van der Waals surface area contributed by atoms with E-state index in [2.05, 4.69) is 0 Å². The van der Waals surface area contributed by atoms with Crippen LogP contribution in [0.4, 0.5) is 0 Å². The minimum atomic E-state index is -0.274. The lowest BCUT2D eigenvalue weighted by Crippen LogP contribution is -2.21. The van der Waals surface area contributed by atoms with Crippen molar-refractivity contribution in [2.45, 2.75) is 18.9 Å². The Morgan fingerprint density at radius 3 is 2.85 bits per heavy atom. The molecule has 0 aliphatic carbocycles. The van der Waals surface area contributed by atoms with Gasteiger partial charge in [-0.2, -0.15) is 0 Å². The van der Waals surface area contributed by atoms with Gasteiger partial charge in [0.2, 0.25) is 0 Å². The third-order valence-corrected chi connectivity index (χ3v) is 3.49. The molecule has 0 unspecified atom stereocenters. The third kappa shape index (κ3) is 2.10. The Bertz CT molecular complexity index is 239. The van der Waals surface area contributed by atoms with Crippen molar-refractivity contribution in [1.29, 1.82) is 0 Å². The molecule has 1 aliphatic rings. The molecule has 1 saturated heterocycles. The predicted molar refractivity (Wildman–Crippen MR) is 52.8 cm³/mol. The topological polar surface area (TPSA) is 29.5 Å². The number of aliphatic hydroxyl groups excluding tert-OH is 1. The SMILES string of the molecule is O[C@H](c1cccs1)C1CCOCC1. The summed E-state index contributed by atoms with van der Waals surface area (Å²) in [7, 11) is 0. The Labute approximate surface area is 82.2 Å². The highest BCUT2D eigenvalue weighted by molar-refractivity contribution is 7.10. The Morgan fingerprint density at radius 2 is 2.23 bits per heavy atom. The first-order chi connectivity index (χ1) is 6.38. The van der Waals surface area contributed by atoms with Crippen molar-refractivity contribution in [3.05, 3.63) is 22.4 Å². The summed E-state index contributed by atoms with van der Waals surface area (Å²) in [5.41, 5.74) is 0. The van der Waals surface area contributed by atoms with E-state index in [1.54, 1.807) is 11.3 Å². The van der Waals surface area contributed by atoms with Crippen LogP contribution in [0, 0.1) is 5.92 Å². The van der Waals surface area contributed by atoms with E-state index < -0.39 is 0 Å². The first-order valence-corrected chi connectivity index (χ1v) is 5.55. The van der Waals surface area contributed by atoms with Gasteiger partial charge in [0.15, 0.2) is 0 Å². The van der Waals surface area contributed by atoms with Crippen molar-refractivity contribution >= 4 is 11.3 Å². The fourth-order valence-corrected chi connectivity index (χ4v) is 2.53. The molecule has 2 nitrogen and oxygen atoms in total. The van der Waals surface area contributed by atoms with Crippen molar-refractivity contribution in [2.24, 2.45) is 5.92 Å². The van der Waals surface area contributed by atoms with E-state index in [0.717, 1.165) is 30.9 Å². The summed E-state index contributed by atoms with van der Waals surface area (Å²) in [4.78, 5) is 1.09. The summed E-state index contributed by atoms with van der Waals surface area (Å²) >= 11 is 1.63. The minimum absolute atomic E-state index is 0.274. The molecule has 0 bridgehead atoms. The summed E-state index contributed by atoms with van der Waals surface area (Å²) in [5, 5.41) is 12.0. The number of thiophene rings is 1. The Morgan fingerprint density at radius 1 is 1.46 bits per heavy atom. The number of hydrogen-bond acceptors (Lipinski definition) is 3. The zero-order chi connectivity index (χ0) is 9.10. The van der Waals surface area contributed by atoms with Crippen molar-refractivity contribution in [2.75, 3.05) is 13.2 Å². The predicted octanol–water partition coefficient (Wildman–Crippen LogP) is 2.21. The smallest absolute Gasteiger partial charge is 0.0911 e. The van der Waals surface area contributed by atoms with Crippen molar-refractivity contribution in [3.8, 4) is 0 Å². The number of ether oxygens (including phenoxy) is 1. The molecule has 0 aromatic carbocycles. The van der Waals surface area contributed by atoms with Crippen LogP contribution in [-0.2, 0) is 4.74 Å². The normalized spacial score (nSPS) is 21.6. The zero-order valence-electron chi connectivity index (χ0n) is 7.48. The molecule has 0 radical (unpaired) electrons. The molecule has 1 aliphatic heterocycles. The highest BCUT2D eigenvalue weighted by Crippen LogP contribution is 2.31. The molecule has 1 aromatic heterocycles.